The van der Waals surface area contributed by atoms with Crippen molar-refractivity contribution in [2.75, 3.05) is 0 Å². The molecule has 1 N–H and O–H groups in total. The highest BCUT2D eigenvalue weighted by Crippen LogP contribution is 2.62. The Kier molecular flexibility index (Phi) is 4.51. The molecule has 3 saturated carbocycles. The second-order valence-corrected chi connectivity index (χ2v) is 10.2. The fourth-order valence-electron chi connectivity index (χ4n) is 7.30. The summed E-state index contributed by atoms with van der Waals surface area (Å²) in [4.78, 5) is 0. The zero-order valence-electron chi connectivity index (χ0n) is 17.3. The highest BCUT2D eigenvalue weighted by atomic mass is 16.5. The van der Waals surface area contributed by atoms with E-state index in [2.05, 4.69) is 31.0 Å². The maximum Gasteiger partial charge on any atom is 0.130 e. The third kappa shape index (κ3) is 2.73. The van der Waals surface area contributed by atoms with Gasteiger partial charge in [0.1, 0.15) is 11.4 Å². The molecule has 28 heavy (non-hydrogen) atoms. The maximum absolute atomic E-state index is 11.2. The molecule has 4 aliphatic carbocycles. The lowest BCUT2D eigenvalue weighted by molar-refractivity contribution is -0.138. The van der Waals surface area contributed by atoms with E-state index in [-0.39, 0.29) is 5.41 Å². The van der Waals surface area contributed by atoms with E-state index in [1.54, 1.807) is 5.56 Å². The van der Waals surface area contributed by atoms with E-state index < -0.39 is 5.60 Å². The van der Waals surface area contributed by atoms with Crippen molar-refractivity contribution in [2.45, 2.75) is 95.2 Å². The summed E-state index contributed by atoms with van der Waals surface area (Å²) in [6, 6.07) is 6.90. The van der Waals surface area contributed by atoms with Crippen LogP contribution in [0.1, 0.15) is 88.2 Å². The van der Waals surface area contributed by atoms with E-state index >= 15 is 0 Å². The molecule has 0 aliphatic heterocycles. The van der Waals surface area contributed by atoms with Gasteiger partial charge in [-0.1, -0.05) is 18.9 Å². The van der Waals surface area contributed by atoms with Crippen molar-refractivity contribution < 1.29 is 9.84 Å². The standard InChI is InChI=1S/C26H34O2/c1-3-26(27)15-6-9-24-23-12-10-18-17-20(28-19-7-4-5-8-19)11-13-21(18)22(23)14-16-25(24,26)2/h1,11,13,17,19,22-24,27H,4-10,12,14-16H2,2H3/t22-,23+,24+,25-,26+/m1/s1. The molecule has 0 amide bonds. The lowest BCUT2D eigenvalue weighted by Gasteiger charge is -2.59. The van der Waals surface area contributed by atoms with Gasteiger partial charge in [0.2, 0.25) is 0 Å². The van der Waals surface area contributed by atoms with E-state index in [1.165, 1.54) is 44.1 Å². The molecule has 2 heteroatoms. The summed E-state index contributed by atoms with van der Waals surface area (Å²) in [5.41, 5.74) is 2.01. The molecule has 0 bridgehead atoms. The minimum atomic E-state index is -0.917. The Morgan fingerprint density at radius 2 is 1.89 bits per heavy atom. The average molecular weight is 379 g/mol. The van der Waals surface area contributed by atoms with E-state index in [4.69, 9.17) is 11.2 Å². The number of terminal acetylenes is 1. The summed E-state index contributed by atoms with van der Waals surface area (Å²) in [5, 5.41) is 11.2. The molecule has 0 unspecified atom stereocenters. The molecule has 0 spiro atoms. The van der Waals surface area contributed by atoms with Crippen LogP contribution in [0.4, 0.5) is 0 Å². The molecule has 5 rings (SSSR count). The maximum atomic E-state index is 11.2. The zero-order chi connectivity index (χ0) is 19.4. The first-order valence-corrected chi connectivity index (χ1v) is 11.5. The van der Waals surface area contributed by atoms with Gasteiger partial charge in [-0.05, 0) is 112 Å². The largest absolute Gasteiger partial charge is 0.490 e. The summed E-state index contributed by atoms with van der Waals surface area (Å²) >= 11 is 0. The van der Waals surface area contributed by atoms with E-state index in [9.17, 15) is 5.11 Å². The molecule has 2 nitrogen and oxygen atoms in total. The van der Waals surface area contributed by atoms with Crippen molar-refractivity contribution in [2.24, 2.45) is 17.3 Å². The van der Waals surface area contributed by atoms with Gasteiger partial charge in [-0.15, -0.1) is 6.42 Å². The van der Waals surface area contributed by atoms with Crippen molar-refractivity contribution in [3.05, 3.63) is 29.3 Å². The van der Waals surface area contributed by atoms with E-state index in [0.29, 0.717) is 23.9 Å². The summed E-state index contributed by atoms with van der Waals surface area (Å²) in [6.07, 6.45) is 18.9. The lowest BCUT2D eigenvalue weighted by Crippen LogP contribution is -2.57. The van der Waals surface area contributed by atoms with Gasteiger partial charge in [-0.3, -0.25) is 0 Å². The second-order valence-electron chi connectivity index (χ2n) is 10.2. The Labute approximate surface area is 170 Å². The van der Waals surface area contributed by atoms with Crippen LogP contribution in [0.3, 0.4) is 0 Å². The van der Waals surface area contributed by atoms with Gasteiger partial charge in [0.05, 0.1) is 6.10 Å². The summed E-state index contributed by atoms with van der Waals surface area (Å²) < 4.78 is 6.27. The quantitative estimate of drug-likeness (QED) is 0.677. The topological polar surface area (TPSA) is 29.5 Å². The average Bonchev–Trinajstić information content (AvgIpc) is 3.21. The number of hydrogen-bond acceptors (Lipinski definition) is 2. The van der Waals surface area contributed by atoms with E-state index in [0.717, 1.165) is 37.9 Å². The normalized spacial score (nSPS) is 40.1. The van der Waals surface area contributed by atoms with Crippen LogP contribution >= 0.6 is 0 Å². The van der Waals surface area contributed by atoms with Crippen molar-refractivity contribution in [3.8, 4) is 18.1 Å². The third-order valence-corrected chi connectivity index (χ3v) is 8.93. The van der Waals surface area contributed by atoms with Gasteiger partial charge < -0.3 is 9.84 Å². The molecular formula is C26H34O2. The first-order valence-electron chi connectivity index (χ1n) is 11.5. The van der Waals surface area contributed by atoms with Crippen LogP contribution in [0.5, 0.6) is 5.75 Å². The molecule has 1 aromatic rings. The highest BCUT2D eigenvalue weighted by Gasteiger charge is 2.58. The van der Waals surface area contributed by atoms with Gasteiger partial charge in [0, 0.05) is 5.41 Å². The van der Waals surface area contributed by atoms with Crippen molar-refractivity contribution in [1.82, 2.24) is 0 Å². The van der Waals surface area contributed by atoms with Crippen LogP contribution in [-0.2, 0) is 6.42 Å². The first-order chi connectivity index (χ1) is 13.5. The molecule has 0 radical (unpaired) electrons. The van der Waals surface area contributed by atoms with Gasteiger partial charge in [0.25, 0.3) is 0 Å². The molecule has 0 heterocycles. The predicted molar refractivity (Wildman–Crippen MR) is 112 cm³/mol. The minimum Gasteiger partial charge on any atom is -0.490 e. The molecular weight excluding hydrogens is 344 g/mol. The van der Waals surface area contributed by atoms with Crippen molar-refractivity contribution in [1.29, 1.82) is 0 Å². The van der Waals surface area contributed by atoms with Crippen molar-refractivity contribution >= 4 is 0 Å². The summed E-state index contributed by atoms with van der Waals surface area (Å²) in [7, 11) is 0. The Balaban J connectivity index is 1.40. The number of aliphatic hydroxyl groups is 1. The highest BCUT2D eigenvalue weighted by molar-refractivity contribution is 5.41. The Bertz CT molecular complexity index is 786. The monoisotopic (exact) mass is 378 g/mol. The number of fused-ring (bicyclic) bond motifs is 5. The van der Waals surface area contributed by atoms with Crippen LogP contribution in [-0.4, -0.2) is 16.8 Å². The zero-order valence-corrected chi connectivity index (χ0v) is 17.3. The molecule has 1 aromatic carbocycles. The molecule has 5 atom stereocenters. The number of benzene rings is 1. The Hall–Kier alpha value is -1.46. The number of rotatable bonds is 2. The summed E-state index contributed by atoms with van der Waals surface area (Å²) in [5.74, 6) is 5.72. The Morgan fingerprint density at radius 1 is 1.07 bits per heavy atom. The molecule has 150 valence electrons. The number of hydrogen-bond donors (Lipinski definition) is 1. The molecule has 3 fully saturated rings. The fourth-order valence-corrected chi connectivity index (χ4v) is 7.30. The van der Waals surface area contributed by atoms with Gasteiger partial charge in [-0.2, -0.15) is 0 Å². The second kappa shape index (κ2) is 6.81. The predicted octanol–water partition coefficient (Wildman–Crippen LogP) is 5.62. The van der Waals surface area contributed by atoms with Crippen LogP contribution in [0.15, 0.2) is 18.2 Å². The summed E-state index contributed by atoms with van der Waals surface area (Å²) in [6.45, 7) is 2.28. The van der Waals surface area contributed by atoms with Crippen LogP contribution in [0.25, 0.3) is 0 Å². The first kappa shape index (κ1) is 18.6. The molecule has 0 saturated heterocycles. The Morgan fingerprint density at radius 3 is 2.68 bits per heavy atom. The number of aryl methyl sites for hydroxylation is 1. The molecule has 0 aromatic heterocycles. The van der Waals surface area contributed by atoms with Gasteiger partial charge >= 0.3 is 0 Å². The smallest absolute Gasteiger partial charge is 0.130 e. The van der Waals surface area contributed by atoms with Crippen LogP contribution < -0.4 is 4.74 Å². The van der Waals surface area contributed by atoms with Gasteiger partial charge in [-0.25, -0.2) is 0 Å². The SMILES string of the molecule is C#C[C@]1(O)CCC[C@H]2[C@H]3CCc4cc(OC5CCCC5)ccc4[C@H]3CC[C@]21C. The van der Waals surface area contributed by atoms with Crippen molar-refractivity contribution in [3.63, 3.8) is 0 Å². The van der Waals surface area contributed by atoms with Crippen LogP contribution in [0, 0.1) is 29.6 Å². The fraction of sp³-hybridized carbons (Fsp3) is 0.692. The van der Waals surface area contributed by atoms with Crippen LogP contribution in [0.2, 0.25) is 0 Å². The third-order valence-electron chi connectivity index (χ3n) is 8.93. The minimum absolute atomic E-state index is 0.121. The van der Waals surface area contributed by atoms with E-state index in [1.807, 2.05) is 0 Å². The molecule has 4 aliphatic rings. The lowest BCUT2D eigenvalue weighted by atomic mass is 9.46. The van der Waals surface area contributed by atoms with Gasteiger partial charge in [0.15, 0.2) is 0 Å². The number of ether oxygens (including phenoxy) is 1.